The van der Waals surface area contributed by atoms with E-state index in [2.05, 4.69) is 21.2 Å². The minimum atomic E-state index is -0.544. The quantitative estimate of drug-likeness (QED) is 0.913. The van der Waals surface area contributed by atoms with Crippen molar-refractivity contribution in [3.05, 3.63) is 57.8 Å². The molecule has 5 heteroatoms. The van der Waals surface area contributed by atoms with Gasteiger partial charge < -0.3 is 10.1 Å². The molecular formula is C15H13BrFNO2. The molecular weight excluding hydrogens is 325 g/mol. The zero-order valence-electron chi connectivity index (χ0n) is 11.0. The van der Waals surface area contributed by atoms with Gasteiger partial charge in [-0.2, -0.15) is 0 Å². The number of amides is 1. The van der Waals surface area contributed by atoms with Crippen molar-refractivity contribution in [2.75, 3.05) is 12.4 Å². The van der Waals surface area contributed by atoms with E-state index >= 15 is 0 Å². The fourth-order valence-corrected chi connectivity index (χ4v) is 2.16. The highest BCUT2D eigenvalue weighted by atomic mass is 79.9. The third-order valence-electron chi connectivity index (χ3n) is 2.78. The molecule has 20 heavy (non-hydrogen) atoms. The maximum atomic E-state index is 13.6. The van der Waals surface area contributed by atoms with E-state index in [1.54, 1.807) is 31.2 Å². The molecule has 0 unspecified atom stereocenters. The second kappa shape index (κ2) is 6.05. The van der Waals surface area contributed by atoms with E-state index < -0.39 is 11.7 Å². The molecule has 0 aliphatic heterocycles. The first-order valence-electron chi connectivity index (χ1n) is 5.92. The Morgan fingerprint density at radius 1 is 1.25 bits per heavy atom. The average Bonchev–Trinajstić information content (AvgIpc) is 2.43. The minimum Gasteiger partial charge on any atom is -0.495 e. The third kappa shape index (κ3) is 3.17. The molecule has 0 aliphatic rings. The molecule has 2 aromatic carbocycles. The number of rotatable bonds is 3. The maximum absolute atomic E-state index is 13.6. The van der Waals surface area contributed by atoms with Crippen LogP contribution in [0.2, 0.25) is 0 Å². The summed E-state index contributed by atoms with van der Waals surface area (Å²) in [6, 6.07) is 9.54. The second-order valence-corrected chi connectivity index (χ2v) is 5.14. The number of hydrogen-bond acceptors (Lipinski definition) is 2. The molecule has 104 valence electrons. The number of benzene rings is 2. The van der Waals surface area contributed by atoms with Crippen LogP contribution in [0.1, 0.15) is 15.9 Å². The van der Waals surface area contributed by atoms with Crippen LogP contribution in [0.3, 0.4) is 0 Å². The van der Waals surface area contributed by atoms with Gasteiger partial charge in [0.2, 0.25) is 0 Å². The van der Waals surface area contributed by atoms with E-state index in [0.717, 1.165) is 10.0 Å². The monoisotopic (exact) mass is 337 g/mol. The fraction of sp³-hybridized carbons (Fsp3) is 0.133. The highest BCUT2D eigenvalue weighted by molar-refractivity contribution is 9.10. The van der Waals surface area contributed by atoms with Gasteiger partial charge in [-0.15, -0.1) is 0 Å². The summed E-state index contributed by atoms with van der Waals surface area (Å²) in [7, 11) is 1.53. The van der Waals surface area contributed by atoms with Crippen molar-refractivity contribution in [1.29, 1.82) is 0 Å². The lowest BCUT2D eigenvalue weighted by Gasteiger charge is -2.09. The molecule has 0 bridgehead atoms. The number of aryl methyl sites for hydroxylation is 1. The van der Waals surface area contributed by atoms with Crippen molar-refractivity contribution in [3.63, 3.8) is 0 Å². The molecule has 2 aromatic rings. The Morgan fingerprint density at radius 3 is 2.70 bits per heavy atom. The number of carbonyl (C=O) groups is 1. The maximum Gasteiger partial charge on any atom is 0.258 e. The van der Waals surface area contributed by atoms with Gasteiger partial charge in [-0.1, -0.05) is 11.6 Å². The van der Waals surface area contributed by atoms with E-state index in [0.29, 0.717) is 11.4 Å². The molecule has 0 fully saturated rings. The van der Waals surface area contributed by atoms with Gasteiger partial charge in [0.05, 0.1) is 17.1 Å². The molecule has 0 atom stereocenters. The van der Waals surface area contributed by atoms with Gasteiger partial charge in [0.1, 0.15) is 11.6 Å². The predicted molar refractivity (Wildman–Crippen MR) is 79.8 cm³/mol. The first-order chi connectivity index (χ1) is 9.51. The van der Waals surface area contributed by atoms with Crippen molar-refractivity contribution in [1.82, 2.24) is 0 Å². The number of methoxy groups -OCH3 is 1. The van der Waals surface area contributed by atoms with Crippen LogP contribution in [-0.2, 0) is 0 Å². The Balaban J connectivity index is 2.25. The van der Waals surface area contributed by atoms with Crippen molar-refractivity contribution in [2.45, 2.75) is 6.92 Å². The molecule has 0 saturated carbocycles. The molecule has 2 rings (SSSR count). The molecule has 0 heterocycles. The van der Waals surface area contributed by atoms with Crippen molar-refractivity contribution >= 4 is 27.5 Å². The van der Waals surface area contributed by atoms with Gasteiger partial charge >= 0.3 is 0 Å². The van der Waals surface area contributed by atoms with E-state index in [4.69, 9.17) is 4.74 Å². The van der Waals surface area contributed by atoms with Crippen molar-refractivity contribution in [2.24, 2.45) is 0 Å². The van der Waals surface area contributed by atoms with Crippen LogP contribution in [0.5, 0.6) is 5.75 Å². The summed E-state index contributed by atoms with van der Waals surface area (Å²) in [5, 5.41) is 2.65. The first kappa shape index (κ1) is 14.5. The average molecular weight is 338 g/mol. The van der Waals surface area contributed by atoms with Crippen LogP contribution in [0, 0.1) is 12.7 Å². The first-order valence-corrected chi connectivity index (χ1v) is 6.71. The van der Waals surface area contributed by atoms with E-state index in [9.17, 15) is 9.18 Å². The van der Waals surface area contributed by atoms with Crippen LogP contribution < -0.4 is 10.1 Å². The molecule has 0 aromatic heterocycles. The zero-order valence-corrected chi connectivity index (χ0v) is 12.6. The molecule has 0 saturated heterocycles. The van der Waals surface area contributed by atoms with Gasteiger partial charge in [0, 0.05) is 11.8 Å². The molecule has 0 spiro atoms. The molecule has 0 radical (unpaired) electrons. The lowest BCUT2D eigenvalue weighted by atomic mass is 10.1. The zero-order chi connectivity index (χ0) is 14.7. The smallest absolute Gasteiger partial charge is 0.258 e. The molecule has 1 N–H and O–H groups in total. The van der Waals surface area contributed by atoms with Crippen LogP contribution in [0.4, 0.5) is 10.1 Å². The molecule has 1 amide bonds. The van der Waals surface area contributed by atoms with Crippen LogP contribution in [0.15, 0.2) is 40.9 Å². The van der Waals surface area contributed by atoms with E-state index in [1.165, 1.54) is 19.2 Å². The SMILES string of the molecule is COc1cc(NC(=O)c2cc(C)ccc2F)ccc1Br. The standard InChI is InChI=1S/C15H13BrFNO2/c1-9-3-6-13(17)11(7-9)15(19)18-10-4-5-12(16)14(8-10)20-2/h3-8H,1-2H3,(H,18,19). The summed E-state index contributed by atoms with van der Waals surface area (Å²) in [6.07, 6.45) is 0. The van der Waals surface area contributed by atoms with Crippen molar-refractivity contribution < 1.29 is 13.9 Å². The number of carbonyl (C=O) groups excluding carboxylic acids is 1. The Bertz CT molecular complexity index is 658. The summed E-state index contributed by atoms with van der Waals surface area (Å²) < 4.78 is 19.6. The fourth-order valence-electron chi connectivity index (χ4n) is 1.75. The number of hydrogen-bond donors (Lipinski definition) is 1. The van der Waals surface area contributed by atoms with E-state index in [1.807, 2.05) is 0 Å². The van der Waals surface area contributed by atoms with Gasteiger partial charge in [-0.3, -0.25) is 4.79 Å². The largest absolute Gasteiger partial charge is 0.495 e. The van der Waals surface area contributed by atoms with Crippen LogP contribution >= 0.6 is 15.9 Å². The summed E-state index contributed by atoms with van der Waals surface area (Å²) in [6.45, 7) is 1.80. The van der Waals surface area contributed by atoms with Gasteiger partial charge in [0.15, 0.2) is 0 Å². The summed E-state index contributed by atoms with van der Waals surface area (Å²) in [5.74, 6) is -0.444. The third-order valence-corrected chi connectivity index (χ3v) is 3.43. The highest BCUT2D eigenvalue weighted by Crippen LogP contribution is 2.28. The minimum absolute atomic E-state index is 0.0203. The summed E-state index contributed by atoms with van der Waals surface area (Å²) >= 11 is 3.33. The Labute approximate surface area is 124 Å². The number of anilines is 1. The topological polar surface area (TPSA) is 38.3 Å². The summed E-state index contributed by atoms with van der Waals surface area (Å²) in [5.41, 5.74) is 1.38. The Hall–Kier alpha value is -1.88. The normalized spacial score (nSPS) is 10.2. The number of ether oxygens (including phenoxy) is 1. The predicted octanol–water partition coefficient (Wildman–Crippen LogP) is 4.16. The Morgan fingerprint density at radius 2 is 2.00 bits per heavy atom. The lowest BCUT2D eigenvalue weighted by Crippen LogP contribution is -2.14. The van der Waals surface area contributed by atoms with Crippen LogP contribution in [-0.4, -0.2) is 13.0 Å². The van der Waals surface area contributed by atoms with Crippen molar-refractivity contribution in [3.8, 4) is 5.75 Å². The van der Waals surface area contributed by atoms with E-state index in [-0.39, 0.29) is 5.56 Å². The molecule has 3 nitrogen and oxygen atoms in total. The van der Waals surface area contributed by atoms with Gasteiger partial charge in [-0.05, 0) is 47.1 Å². The highest BCUT2D eigenvalue weighted by Gasteiger charge is 2.12. The summed E-state index contributed by atoms with van der Waals surface area (Å²) in [4.78, 5) is 12.1. The van der Waals surface area contributed by atoms with Gasteiger partial charge in [0.25, 0.3) is 5.91 Å². The number of halogens is 2. The van der Waals surface area contributed by atoms with Crippen LogP contribution in [0.25, 0.3) is 0 Å². The molecule has 0 aliphatic carbocycles. The van der Waals surface area contributed by atoms with Gasteiger partial charge in [-0.25, -0.2) is 4.39 Å². The second-order valence-electron chi connectivity index (χ2n) is 4.29. The number of nitrogens with one attached hydrogen (secondary N) is 1. The Kier molecular flexibility index (Phi) is 4.39. The lowest BCUT2D eigenvalue weighted by molar-refractivity contribution is 0.102.